The van der Waals surface area contributed by atoms with Crippen LogP contribution < -0.4 is 15.4 Å². The molecule has 0 aliphatic rings. The zero-order valence-corrected chi connectivity index (χ0v) is 22.4. The van der Waals surface area contributed by atoms with Gasteiger partial charge in [0.15, 0.2) is 0 Å². The van der Waals surface area contributed by atoms with Gasteiger partial charge in [0.05, 0.1) is 12.1 Å². The van der Waals surface area contributed by atoms with Crippen molar-refractivity contribution >= 4 is 5.91 Å². The summed E-state index contributed by atoms with van der Waals surface area (Å²) in [6.45, 7) is 3.13. The van der Waals surface area contributed by atoms with Crippen LogP contribution in [0.15, 0.2) is 97.1 Å². The van der Waals surface area contributed by atoms with E-state index in [0.29, 0.717) is 30.0 Å². The van der Waals surface area contributed by atoms with Gasteiger partial charge in [-0.3, -0.25) is 4.79 Å². The lowest BCUT2D eigenvalue weighted by molar-refractivity contribution is 0.0829. The van der Waals surface area contributed by atoms with Crippen molar-refractivity contribution in [3.05, 3.63) is 137 Å². The van der Waals surface area contributed by atoms with Crippen molar-refractivity contribution in [3.63, 3.8) is 0 Å². The summed E-state index contributed by atoms with van der Waals surface area (Å²) in [5, 5.41) is 17.1. The normalized spacial score (nSPS) is 12.5. The van der Waals surface area contributed by atoms with Crippen molar-refractivity contribution in [2.45, 2.75) is 45.1 Å². The first kappa shape index (κ1) is 28.9. The summed E-state index contributed by atoms with van der Waals surface area (Å²) < 4.78 is 33.6. The molecule has 7 heteroatoms. The number of nitrogens with one attached hydrogen (secondary N) is 2. The largest absolute Gasteiger partial charge is 0.489 e. The lowest BCUT2D eigenvalue weighted by atomic mass is 10.00. The van der Waals surface area contributed by atoms with Crippen LogP contribution in [0.3, 0.4) is 0 Å². The van der Waals surface area contributed by atoms with Crippen LogP contribution in [0.5, 0.6) is 5.75 Å². The number of aliphatic hydroxyl groups excluding tert-OH is 1. The van der Waals surface area contributed by atoms with Crippen LogP contribution in [0.2, 0.25) is 0 Å². The Morgan fingerprint density at radius 2 is 1.52 bits per heavy atom. The number of amides is 1. The highest BCUT2D eigenvalue weighted by Crippen LogP contribution is 2.17. The Labute approximate surface area is 233 Å². The molecule has 1 amide bonds. The van der Waals surface area contributed by atoms with Crippen LogP contribution in [0, 0.1) is 11.6 Å². The first-order valence-electron chi connectivity index (χ1n) is 13.4. The van der Waals surface area contributed by atoms with Crippen LogP contribution in [0.4, 0.5) is 8.78 Å². The highest BCUT2D eigenvalue weighted by atomic mass is 19.1. The Hall–Kier alpha value is -4.07. The molecule has 0 saturated carbocycles. The zero-order valence-electron chi connectivity index (χ0n) is 22.4. The monoisotopic (exact) mass is 544 g/mol. The van der Waals surface area contributed by atoms with Crippen molar-refractivity contribution < 1.29 is 23.4 Å². The molecule has 0 unspecified atom stereocenters. The van der Waals surface area contributed by atoms with E-state index in [2.05, 4.69) is 29.7 Å². The molecule has 4 aromatic carbocycles. The lowest BCUT2D eigenvalue weighted by Crippen LogP contribution is -2.48. The summed E-state index contributed by atoms with van der Waals surface area (Å²) in [6.07, 6.45) is -0.0615. The smallest absolute Gasteiger partial charge is 0.251 e. The third-order valence-corrected chi connectivity index (χ3v) is 6.59. The van der Waals surface area contributed by atoms with Crippen LogP contribution in [-0.4, -0.2) is 29.7 Å². The molecule has 0 spiro atoms. The number of benzene rings is 4. The highest BCUT2D eigenvalue weighted by Gasteiger charge is 2.23. The maximum absolute atomic E-state index is 13.9. The molecule has 0 saturated heterocycles. The molecule has 0 bridgehead atoms. The summed E-state index contributed by atoms with van der Waals surface area (Å²) in [5.41, 5.74) is 3.96. The number of halogens is 2. The minimum Gasteiger partial charge on any atom is -0.489 e. The van der Waals surface area contributed by atoms with Gasteiger partial charge in [0.25, 0.3) is 5.91 Å². The number of ether oxygens (including phenoxy) is 1. The third-order valence-electron chi connectivity index (χ3n) is 6.59. The second kappa shape index (κ2) is 14.4. The highest BCUT2D eigenvalue weighted by molar-refractivity contribution is 5.94. The van der Waals surface area contributed by atoms with Gasteiger partial charge in [0, 0.05) is 24.7 Å². The zero-order chi connectivity index (χ0) is 28.3. The molecule has 3 N–H and O–H groups in total. The van der Waals surface area contributed by atoms with Gasteiger partial charge in [0.1, 0.15) is 24.0 Å². The van der Waals surface area contributed by atoms with Gasteiger partial charge in [-0.2, -0.15) is 0 Å². The molecule has 0 aromatic heterocycles. The number of carbonyl (C=O) groups excluding carboxylic acids is 1. The molecule has 0 fully saturated rings. The summed E-state index contributed by atoms with van der Waals surface area (Å²) in [4.78, 5) is 13.2. The maximum atomic E-state index is 13.9. The Morgan fingerprint density at radius 3 is 2.27 bits per heavy atom. The number of carbonyl (C=O) groups is 1. The van der Waals surface area contributed by atoms with Crippen molar-refractivity contribution in [3.8, 4) is 5.75 Å². The SMILES string of the molecule is CCc1cccc(CNC[C@H](O)[C@H](Cc2cc(F)cc(F)c2)NC(=O)c2cccc(OCc3ccccc3)c2)c1. The van der Waals surface area contributed by atoms with E-state index in [1.54, 1.807) is 24.3 Å². The van der Waals surface area contributed by atoms with Crippen LogP contribution in [0.1, 0.15) is 39.5 Å². The molecule has 0 heterocycles. The maximum Gasteiger partial charge on any atom is 0.251 e. The second-order valence-corrected chi connectivity index (χ2v) is 9.74. The lowest BCUT2D eigenvalue weighted by Gasteiger charge is -2.25. The van der Waals surface area contributed by atoms with Gasteiger partial charge < -0.3 is 20.5 Å². The number of rotatable bonds is 13. The Bertz CT molecular complexity index is 1380. The van der Waals surface area contributed by atoms with E-state index in [1.807, 2.05) is 42.5 Å². The molecule has 2 atom stereocenters. The van der Waals surface area contributed by atoms with Crippen molar-refractivity contribution in [1.29, 1.82) is 0 Å². The predicted molar refractivity (Wildman–Crippen MR) is 152 cm³/mol. The molecule has 5 nitrogen and oxygen atoms in total. The van der Waals surface area contributed by atoms with Gasteiger partial charge in [-0.1, -0.05) is 67.6 Å². The van der Waals surface area contributed by atoms with Gasteiger partial charge in [-0.25, -0.2) is 8.78 Å². The number of aliphatic hydroxyl groups is 1. The fourth-order valence-corrected chi connectivity index (χ4v) is 4.45. The molecule has 208 valence electrons. The molecule has 0 radical (unpaired) electrons. The Morgan fingerprint density at radius 1 is 0.825 bits per heavy atom. The van der Waals surface area contributed by atoms with E-state index in [9.17, 15) is 18.7 Å². The first-order valence-corrected chi connectivity index (χ1v) is 13.4. The number of hydrogen-bond donors (Lipinski definition) is 3. The molecule has 40 heavy (non-hydrogen) atoms. The third kappa shape index (κ3) is 8.73. The fourth-order valence-electron chi connectivity index (χ4n) is 4.45. The summed E-state index contributed by atoms with van der Waals surface area (Å²) in [6, 6.07) is 27.0. The molecule has 4 rings (SSSR count). The van der Waals surface area contributed by atoms with E-state index in [1.165, 1.54) is 17.7 Å². The van der Waals surface area contributed by atoms with Gasteiger partial charge >= 0.3 is 0 Å². The summed E-state index contributed by atoms with van der Waals surface area (Å²) in [7, 11) is 0. The first-order chi connectivity index (χ1) is 19.4. The summed E-state index contributed by atoms with van der Waals surface area (Å²) in [5.74, 6) is -1.34. The second-order valence-electron chi connectivity index (χ2n) is 9.74. The minimum absolute atomic E-state index is 0.0405. The van der Waals surface area contributed by atoms with Crippen molar-refractivity contribution in [2.75, 3.05) is 6.54 Å². The molecular formula is C33H34F2N2O3. The standard InChI is InChI=1S/C33H34F2N2O3/c1-2-23-10-6-11-25(14-23)20-36-21-32(38)31(17-26-15-28(34)19-29(35)16-26)37-33(39)27-12-7-13-30(18-27)40-22-24-8-4-3-5-9-24/h3-16,18-19,31-32,36,38H,2,17,20-22H2,1H3,(H,37,39)/t31-,32-/m0/s1. The van der Waals surface area contributed by atoms with Crippen LogP contribution in [0.25, 0.3) is 0 Å². The molecule has 0 aliphatic heterocycles. The topological polar surface area (TPSA) is 70.6 Å². The van der Waals surface area contributed by atoms with E-state index in [0.717, 1.165) is 23.6 Å². The van der Waals surface area contributed by atoms with Crippen LogP contribution in [-0.2, 0) is 26.0 Å². The number of hydrogen-bond acceptors (Lipinski definition) is 4. The minimum atomic E-state index is -1.03. The van der Waals surface area contributed by atoms with Crippen molar-refractivity contribution in [1.82, 2.24) is 10.6 Å². The van der Waals surface area contributed by atoms with Gasteiger partial charge in [-0.05, 0) is 65.4 Å². The van der Waals surface area contributed by atoms with E-state index >= 15 is 0 Å². The van der Waals surface area contributed by atoms with Gasteiger partial charge in [-0.15, -0.1) is 0 Å². The fraction of sp³-hybridized carbons (Fsp3) is 0.242. The average molecular weight is 545 g/mol. The van der Waals surface area contributed by atoms with E-state index in [-0.39, 0.29) is 13.0 Å². The van der Waals surface area contributed by atoms with Crippen LogP contribution >= 0.6 is 0 Å². The van der Waals surface area contributed by atoms with Crippen molar-refractivity contribution in [2.24, 2.45) is 0 Å². The Kier molecular flexibility index (Phi) is 10.4. The molecule has 0 aliphatic carbocycles. The van der Waals surface area contributed by atoms with Gasteiger partial charge in [0.2, 0.25) is 0 Å². The number of aryl methyl sites for hydroxylation is 1. The predicted octanol–water partition coefficient (Wildman–Crippen LogP) is 5.60. The molecule has 4 aromatic rings. The quantitative estimate of drug-likeness (QED) is 0.205. The molecular weight excluding hydrogens is 510 g/mol. The Balaban J connectivity index is 1.44. The van der Waals surface area contributed by atoms with E-state index < -0.39 is 29.7 Å². The summed E-state index contributed by atoms with van der Waals surface area (Å²) >= 11 is 0. The van der Waals surface area contributed by atoms with E-state index in [4.69, 9.17) is 4.74 Å². The average Bonchev–Trinajstić information content (AvgIpc) is 2.96.